The van der Waals surface area contributed by atoms with Crippen LogP contribution in [0.3, 0.4) is 0 Å². The number of fused-ring (bicyclic) bond motifs is 3. The molecule has 3 rings (SSSR count). The van der Waals surface area contributed by atoms with E-state index in [0.717, 1.165) is 16.9 Å². The summed E-state index contributed by atoms with van der Waals surface area (Å²) in [5.74, 6) is 1.35. The Hall–Kier alpha value is -0.340. The highest BCUT2D eigenvalue weighted by atomic mass is 32.2. The van der Waals surface area contributed by atoms with Gasteiger partial charge in [0.05, 0.1) is 0 Å². The maximum absolute atomic E-state index is 2.47. The summed E-state index contributed by atoms with van der Waals surface area (Å²) < 4.78 is 0. The number of hydrogen-bond donors (Lipinski definition) is 0. The van der Waals surface area contributed by atoms with Gasteiger partial charge in [-0.05, 0) is 48.3 Å². The molecule has 1 aromatic carbocycles. The molecule has 0 amide bonds. The molecule has 0 N–H and O–H groups in total. The normalized spacial score (nSPS) is 26.5. The Morgan fingerprint density at radius 3 is 3.06 bits per heavy atom. The third-order valence-electron chi connectivity index (χ3n) is 3.62. The van der Waals surface area contributed by atoms with Gasteiger partial charge in [-0.3, -0.25) is 0 Å². The molecule has 2 heteroatoms. The van der Waals surface area contributed by atoms with Gasteiger partial charge in [0.1, 0.15) is 0 Å². The van der Waals surface area contributed by atoms with Crippen molar-refractivity contribution in [1.29, 1.82) is 0 Å². The van der Waals surface area contributed by atoms with E-state index in [4.69, 9.17) is 0 Å². The smallest absolute Gasteiger partial charge is 0.0430 e. The predicted octanol–water partition coefficient (Wildman–Crippen LogP) is 4.93. The second kappa shape index (κ2) is 4.74. The monoisotopic (exact) mass is 262 g/mol. The van der Waals surface area contributed by atoms with Gasteiger partial charge in [-0.25, -0.2) is 0 Å². The van der Waals surface area contributed by atoms with E-state index in [9.17, 15) is 0 Å². The summed E-state index contributed by atoms with van der Waals surface area (Å²) in [6.45, 7) is 4.36. The fourth-order valence-corrected chi connectivity index (χ4v) is 6.11. The first-order chi connectivity index (χ1) is 8.33. The largest absolute Gasteiger partial charge is 0.153 e. The van der Waals surface area contributed by atoms with Crippen molar-refractivity contribution in [1.82, 2.24) is 0 Å². The molecule has 90 valence electrons. The fourth-order valence-electron chi connectivity index (χ4n) is 2.77. The summed E-state index contributed by atoms with van der Waals surface area (Å²) in [5.41, 5.74) is 4.55. The molecule has 2 heterocycles. The predicted molar refractivity (Wildman–Crippen MR) is 80.0 cm³/mol. The van der Waals surface area contributed by atoms with Gasteiger partial charge < -0.3 is 0 Å². The quantitative estimate of drug-likeness (QED) is 0.741. The number of rotatable bonds is 2. The van der Waals surface area contributed by atoms with Crippen molar-refractivity contribution in [2.45, 2.75) is 42.1 Å². The Labute approximate surface area is 112 Å². The second-order valence-corrected chi connectivity index (χ2v) is 7.21. The molecule has 2 atom stereocenters. The van der Waals surface area contributed by atoms with Crippen LogP contribution in [0.1, 0.15) is 42.2 Å². The van der Waals surface area contributed by atoms with Crippen molar-refractivity contribution in [3.05, 3.63) is 34.9 Å². The van der Waals surface area contributed by atoms with Crippen molar-refractivity contribution >= 4 is 29.6 Å². The zero-order valence-electron chi connectivity index (χ0n) is 10.4. The number of benzene rings is 1. The summed E-state index contributed by atoms with van der Waals surface area (Å²) in [6.07, 6.45) is 6.92. The van der Waals surface area contributed by atoms with Crippen LogP contribution in [0.2, 0.25) is 0 Å². The Morgan fingerprint density at radius 1 is 1.41 bits per heavy atom. The molecule has 0 spiro atoms. The lowest BCUT2D eigenvalue weighted by Gasteiger charge is -2.11. The first-order valence-corrected chi connectivity index (χ1v) is 8.34. The summed E-state index contributed by atoms with van der Waals surface area (Å²) in [5, 5.41) is 1.63. The maximum atomic E-state index is 2.47. The molecular weight excluding hydrogens is 244 g/mol. The molecule has 0 nitrogen and oxygen atoms in total. The summed E-state index contributed by atoms with van der Waals surface area (Å²) >= 11 is 4.27. The third-order valence-corrected chi connectivity index (χ3v) is 6.62. The lowest BCUT2D eigenvalue weighted by molar-refractivity contribution is 0.864. The molecule has 1 aromatic rings. The molecule has 17 heavy (non-hydrogen) atoms. The summed E-state index contributed by atoms with van der Waals surface area (Å²) in [4.78, 5) is 1.54. The first-order valence-electron chi connectivity index (χ1n) is 6.41. The van der Waals surface area contributed by atoms with Crippen LogP contribution in [0.5, 0.6) is 0 Å². The standard InChI is InChI=1S/C15H18S2/c1-3-5-11-9-14-12(8-10(11)4-2)15-13(17-14)6-7-16-15/h3,5,8-9,13,15H,4,6-7H2,1-2H3/b5-3-. The number of aryl methyl sites for hydroxylation is 1. The van der Waals surface area contributed by atoms with Crippen molar-refractivity contribution in [2.24, 2.45) is 0 Å². The van der Waals surface area contributed by atoms with Gasteiger partial charge in [-0.1, -0.05) is 25.1 Å². The van der Waals surface area contributed by atoms with Gasteiger partial charge in [-0.15, -0.1) is 11.8 Å². The van der Waals surface area contributed by atoms with Crippen LogP contribution in [0, 0.1) is 0 Å². The van der Waals surface area contributed by atoms with Crippen LogP contribution in [0.4, 0.5) is 0 Å². The van der Waals surface area contributed by atoms with Crippen molar-refractivity contribution < 1.29 is 0 Å². The van der Waals surface area contributed by atoms with E-state index in [-0.39, 0.29) is 0 Å². The summed E-state index contributed by atoms with van der Waals surface area (Å²) in [6, 6.07) is 4.89. The van der Waals surface area contributed by atoms with Crippen LogP contribution in [0.15, 0.2) is 23.1 Å². The minimum Gasteiger partial charge on any atom is -0.153 e. The minimum atomic E-state index is 0.778. The number of allylic oxidation sites excluding steroid dienone is 1. The first kappa shape index (κ1) is 11.7. The highest BCUT2D eigenvalue weighted by Crippen LogP contribution is 2.56. The molecule has 2 aliphatic heterocycles. The Morgan fingerprint density at radius 2 is 2.29 bits per heavy atom. The minimum absolute atomic E-state index is 0.778. The van der Waals surface area contributed by atoms with Gasteiger partial charge in [0.25, 0.3) is 0 Å². The average Bonchev–Trinajstić information content (AvgIpc) is 2.88. The number of thioether (sulfide) groups is 2. The Balaban J connectivity index is 2.06. The third kappa shape index (κ3) is 1.96. The summed E-state index contributed by atoms with van der Waals surface area (Å²) in [7, 11) is 0. The molecular formula is C15H18S2. The topological polar surface area (TPSA) is 0 Å². The van der Waals surface area contributed by atoms with E-state index in [1.165, 1.54) is 28.2 Å². The van der Waals surface area contributed by atoms with Crippen LogP contribution in [-0.4, -0.2) is 11.0 Å². The Kier molecular flexibility index (Phi) is 3.27. The van der Waals surface area contributed by atoms with Crippen LogP contribution < -0.4 is 0 Å². The van der Waals surface area contributed by atoms with E-state index in [1.807, 2.05) is 0 Å². The van der Waals surface area contributed by atoms with Crippen molar-refractivity contribution in [2.75, 3.05) is 5.75 Å². The zero-order valence-corrected chi connectivity index (χ0v) is 12.0. The SMILES string of the molecule is C/C=C\c1cc2c(cc1CC)C1SCCC1S2. The van der Waals surface area contributed by atoms with Gasteiger partial charge in [0.15, 0.2) is 0 Å². The lowest BCUT2D eigenvalue weighted by atomic mass is 9.98. The fraction of sp³-hybridized carbons (Fsp3) is 0.467. The maximum Gasteiger partial charge on any atom is 0.0430 e. The molecule has 1 saturated heterocycles. The molecule has 0 radical (unpaired) electrons. The molecule has 0 aliphatic carbocycles. The van der Waals surface area contributed by atoms with Crippen LogP contribution in [-0.2, 0) is 6.42 Å². The van der Waals surface area contributed by atoms with Gasteiger partial charge in [0, 0.05) is 15.4 Å². The van der Waals surface area contributed by atoms with Crippen molar-refractivity contribution in [3.63, 3.8) is 0 Å². The van der Waals surface area contributed by atoms with E-state index in [1.54, 1.807) is 5.56 Å². The molecule has 0 saturated carbocycles. The molecule has 1 fully saturated rings. The zero-order chi connectivity index (χ0) is 11.8. The van der Waals surface area contributed by atoms with Gasteiger partial charge >= 0.3 is 0 Å². The van der Waals surface area contributed by atoms with Gasteiger partial charge in [-0.2, -0.15) is 11.8 Å². The second-order valence-electron chi connectivity index (χ2n) is 4.68. The van der Waals surface area contributed by atoms with E-state index in [0.29, 0.717) is 0 Å². The van der Waals surface area contributed by atoms with Crippen LogP contribution >= 0.6 is 23.5 Å². The highest BCUT2D eigenvalue weighted by molar-refractivity contribution is 8.05. The Bertz CT molecular complexity index is 462. The van der Waals surface area contributed by atoms with Gasteiger partial charge in [0.2, 0.25) is 0 Å². The molecule has 2 aliphatic rings. The van der Waals surface area contributed by atoms with E-state index in [2.05, 4.69) is 61.7 Å². The average molecular weight is 262 g/mol. The highest BCUT2D eigenvalue weighted by Gasteiger charge is 2.37. The van der Waals surface area contributed by atoms with E-state index < -0.39 is 0 Å². The lowest BCUT2D eigenvalue weighted by Crippen LogP contribution is -1.98. The molecule has 2 unspecified atom stereocenters. The van der Waals surface area contributed by atoms with Crippen molar-refractivity contribution in [3.8, 4) is 0 Å². The molecule has 0 aromatic heterocycles. The number of hydrogen-bond acceptors (Lipinski definition) is 2. The van der Waals surface area contributed by atoms with E-state index >= 15 is 0 Å². The van der Waals surface area contributed by atoms with Crippen LogP contribution in [0.25, 0.3) is 6.08 Å². The molecule has 0 bridgehead atoms.